The highest BCUT2D eigenvalue weighted by molar-refractivity contribution is 5.65. The lowest BCUT2D eigenvalue weighted by molar-refractivity contribution is -0.373. The lowest BCUT2D eigenvalue weighted by Gasteiger charge is -2.54. The first kappa shape index (κ1) is 53.2. The fraction of sp³-hybridized carbons (Fsp3) is 0.979. The summed E-state index contributed by atoms with van der Waals surface area (Å²) in [5.74, 6) is -7.58. The molecule has 0 bridgehead atoms. The Morgan fingerprint density at radius 1 is 0.785 bits per heavy atom. The smallest absolute Gasteiger partial charge is 0.176 e. The van der Waals surface area contributed by atoms with Crippen LogP contribution in [0.3, 0.4) is 0 Å². The van der Waals surface area contributed by atoms with Crippen molar-refractivity contribution in [2.75, 3.05) is 28.4 Å². The molecule has 0 aliphatic carbocycles. The van der Waals surface area contributed by atoms with Crippen molar-refractivity contribution in [3.8, 4) is 0 Å². The molecule has 0 aromatic carbocycles. The SMILES string of the molecule is CO[C@@H]1[C@@H](OC)[C@H](C)[C@@](O)(CC(=O)[O-])O[C@H]1[C@H](C)[C@H]1O[C@@]2(CC[C@@](C)([C@H]3CC[C@@](C)([C@@H]4O[C@@H]([C@H]5O[C@](C)(O)[C@H](C)C[C@@H]5C)C[C@@H]4OC4C[C@H](OC)[C@@H](OC)[C@H](C)O4)O3)O2)C[C@H](O)[C@H]1C.[NH4+]. The molecule has 7 heterocycles. The van der Waals surface area contributed by atoms with E-state index in [-0.39, 0.29) is 66.9 Å². The van der Waals surface area contributed by atoms with Gasteiger partial charge in [-0.15, -0.1) is 0 Å². The second-order valence-electron chi connectivity index (χ2n) is 21.3. The number of hydrogen-bond acceptors (Lipinski definition) is 17. The molecule has 24 atom stereocenters. The van der Waals surface area contributed by atoms with E-state index in [9.17, 15) is 25.2 Å². The molecule has 0 saturated carbocycles. The first-order chi connectivity index (χ1) is 30.0. The largest absolute Gasteiger partial charge is 0.550 e. The molecule has 0 aromatic rings. The van der Waals surface area contributed by atoms with E-state index in [1.54, 1.807) is 28.1 Å². The van der Waals surface area contributed by atoms with Gasteiger partial charge in [0.05, 0.1) is 72.2 Å². The first-order valence-corrected chi connectivity index (χ1v) is 23.8. The maximum atomic E-state index is 11.8. The third-order valence-electron chi connectivity index (χ3n) is 16.8. The number of carboxylic acids is 1. The number of aliphatic hydroxyl groups excluding tert-OH is 1. The van der Waals surface area contributed by atoms with Crippen LogP contribution in [0, 0.1) is 29.6 Å². The summed E-state index contributed by atoms with van der Waals surface area (Å²) in [4.78, 5) is 11.8. The Kier molecular flexibility index (Phi) is 16.3. The van der Waals surface area contributed by atoms with Crippen LogP contribution in [-0.4, -0.2) is 164 Å². The highest BCUT2D eigenvalue weighted by Crippen LogP contribution is 2.55. The number of rotatable bonds is 13. The van der Waals surface area contributed by atoms with Gasteiger partial charge in [0.15, 0.2) is 23.7 Å². The highest BCUT2D eigenvalue weighted by atomic mass is 16.7. The molecule has 378 valence electrons. The third-order valence-corrected chi connectivity index (χ3v) is 16.8. The lowest BCUT2D eigenvalue weighted by Crippen LogP contribution is -2.66. The fourth-order valence-electron chi connectivity index (χ4n) is 12.7. The second kappa shape index (κ2) is 19.9. The van der Waals surface area contributed by atoms with Crippen molar-refractivity contribution in [2.45, 2.75) is 234 Å². The molecule has 0 radical (unpaired) electrons. The maximum absolute atomic E-state index is 11.8. The summed E-state index contributed by atoms with van der Waals surface area (Å²) >= 11 is 0. The number of hydrogen-bond donors (Lipinski definition) is 4. The molecular formula is C47H83NO17. The minimum absolute atomic E-state index is 0. The molecule has 7 aliphatic rings. The number of carbonyl (C=O) groups excluding carboxylic acids is 1. The highest BCUT2D eigenvalue weighted by Gasteiger charge is 2.63. The van der Waals surface area contributed by atoms with Gasteiger partial charge in [0.2, 0.25) is 0 Å². The number of ether oxygens (including phenoxy) is 12. The quantitative estimate of drug-likeness (QED) is 0.207. The van der Waals surface area contributed by atoms with Crippen molar-refractivity contribution in [3.63, 3.8) is 0 Å². The number of quaternary nitrogens is 1. The minimum Gasteiger partial charge on any atom is -0.550 e. The van der Waals surface area contributed by atoms with Crippen LogP contribution in [-0.2, 0) is 61.6 Å². The van der Waals surface area contributed by atoms with Gasteiger partial charge in [-0.2, -0.15) is 0 Å². The van der Waals surface area contributed by atoms with Gasteiger partial charge in [-0.25, -0.2) is 0 Å². The summed E-state index contributed by atoms with van der Waals surface area (Å²) in [5.41, 5.74) is -1.61. The Morgan fingerprint density at radius 2 is 1.46 bits per heavy atom. The molecule has 18 heteroatoms. The van der Waals surface area contributed by atoms with Crippen molar-refractivity contribution in [3.05, 3.63) is 0 Å². The Balaban J connectivity index is 0.00000700. The van der Waals surface area contributed by atoms with Crippen molar-refractivity contribution < 1.29 is 82.1 Å². The average Bonchev–Trinajstić information content (AvgIpc) is 3.94. The van der Waals surface area contributed by atoms with Crippen LogP contribution in [0.15, 0.2) is 0 Å². The molecular weight excluding hydrogens is 851 g/mol. The van der Waals surface area contributed by atoms with Crippen LogP contribution in [0.2, 0.25) is 0 Å². The van der Waals surface area contributed by atoms with Gasteiger partial charge in [0.25, 0.3) is 0 Å². The summed E-state index contributed by atoms with van der Waals surface area (Å²) in [6, 6.07) is 0. The zero-order valence-corrected chi connectivity index (χ0v) is 41.4. The van der Waals surface area contributed by atoms with E-state index in [1.165, 1.54) is 14.2 Å². The van der Waals surface area contributed by atoms with E-state index < -0.39 is 102 Å². The molecule has 7 rings (SSSR count). The van der Waals surface area contributed by atoms with Crippen molar-refractivity contribution >= 4 is 5.97 Å². The molecule has 7 fully saturated rings. The molecule has 7 saturated heterocycles. The minimum atomic E-state index is -2.09. The fourth-order valence-corrected chi connectivity index (χ4v) is 12.7. The van der Waals surface area contributed by atoms with Crippen LogP contribution in [0.25, 0.3) is 0 Å². The zero-order chi connectivity index (χ0) is 46.9. The molecule has 1 spiro atoms. The summed E-state index contributed by atoms with van der Waals surface area (Å²) in [7, 11) is 6.34. The second-order valence-corrected chi connectivity index (χ2v) is 21.3. The van der Waals surface area contributed by atoms with Crippen molar-refractivity contribution in [1.82, 2.24) is 6.15 Å². The predicted molar refractivity (Wildman–Crippen MR) is 231 cm³/mol. The van der Waals surface area contributed by atoms with Crippen LogP contribution in [0.5, 0.6) is 0 Å². The molecule has 1 unspecified atom stereocenters. The summed E-state index contributed by atoms with van der Waals surface area (Å²) < 4.78 is 77.5. The van der Waals surface area contributed by atoms with Gasteiger partial charge in [-0.3, -0.25) is 0 Å². The number of carboxylic acid groups (broad SMARTS) is 1. The van der Waals surface area contributed by atoms with E-state index in [0.29, 0.717) is 38.5 Å². The van der Waals surface area contributed by atoms with Crippen LogP contribution >= 0.6 is 0 Å². The van der Waals surface area contributed by atoms with Gasteiger partial charge in [0.1, 0.15) is 18.3 Å². The molecule has 7 N–H and O–H groups in total. The maximum Gasteiger partial charge on any atom is 0.176 e. The van der Waals surface area contributed by atoms with Crippen LogP contribution in [0.4, 0.5) is 0 Å². The topological polar surface area (TPSA) is 248 Å². The molecule has 0 aromatic heterocycles. The standard InChI is InChI=1S/C47H80O17.H3N/c1-23-18-24(2)45(9,51)61-36(23)31-19-32(58-35-20-30(53-10)40(55-12)28(6)57-35)42(59-31)44(8)15-14-33(60-44)43(7)16-17-46(64-43)21-29(48)25(3)37(62-46)26(4)38-41(56-13)39(54-11)27(5)47(52,63-38)22-34(49)50;/h23-33,35-42,48,51-52H,14-22H2,1-13H3,(H,49,50);1H3/t23-,24+,25+,26+,27-,28-,29-,30-,31+,32-,33+,35?,36-,37-,38-,39-,40-,41-,42+,43-,44-,45-,46+,47+;/m0./s1. The Hall–Kier alpha value is -1.17. The van der Waals surface area contributed by atoms with Gasteiger partial charge >= 0.3 is 0 Å². The lowest BCUT2D eigenvalue weighted by atomic mass is 9.75. The van der Waals surface area contributed by atoms with E-state index in [4.69, 9.17) is 56.8 Å². The normalized spacial score (nSPS) is 53.2. The predicted octanol–water partition coefficient (Wildman–Crippen LogP) is 3.36. The molecule has 65 heavy (non-hydrogen) atoms. The number of carbonyl (C=O) groups is 1. The number of aliphatic hydroxyl groups is 3. The van der Waals surface area contributed by atoms with E-state index in [0.717, 1.165) is 6.42 Å². The van der Waals surface area contributed by atoms with Gasteiger partial charge < -0.3 is 88.2 Å². The third kappa shape index (κ3) is 10.1. The van der Waals surface area contributed by atoms with E-state index in [2.05, 4.69) is 13.8 Å². The zero-order valence-electron chi connectivity index (χ0n) is 41.4. The molecule has 0 amide bonds. The van der Waals surface area contributed by atoms with Gasteiger partial charge in [-0.1, -0.05) is 34.6 Å². The van der Waals surface area contributed by atoms with Gasteiger partial charge in [-0.05, 0) is 59.3 Å². The Bertz CT molecular complexity index is 1610. The summed E-state index contributed by atoms with van der Waals surface area (Å²) in [6.07, 6.45) is -3.46. The van der Waals surface area contributed by atoms with Crippen LogP contribution in [0.1, 0.15) is 120 Å². The van der Waals surface area contributed by atoms with Crippen molar-refractivity contribution in [1.29, 1.82) is 0 Å². The van der Waals surface area contributed by atoms with Crippen LogP contribution < -0.4 is 11.3 Å². The number of methoxy groups -OCH3 is 4. The van der Waals surface area contributed by atoms with Gasteiger partial charge in [0, 0.05) is 90.2 Å². The summed E-state index contributed by atoms with van der Waals surface area (Å²) in [6.45, 7) is 17.4. The Labute approximate surface area is 385 Å². The first-order valence-electron chi connectivity index (χ1n) is 23.8. The molecule has 18 nitrogen and oxygen atoms in total. The summed E-state index contributed by atoms with van der Waals surface area (Å²) in [5, 5.41) is 46.4. The monoisotopic (exact) mass is 934 g/mol. The van der Waals surface area contributed by atoms with E-state index >= 15 is 0 Å². The number of aliphatic carboxylic acids is 1. The van der Waals surface area contributed by atoms with E-state index in [1.807, 2.05) is 34.6 Å². The average molecular weight is 934 g/mol. The Morgan fingerprint density at radius 3 is 2.09 bits per heavy atom. The molecule has 7 aliphatic heterocycles. The van der Waals surface area contributed by atoms with Crippen molar-refractivity contribution in [2.24, 2.45) is 29.6 Å².